The van der Waals surface area contributed by atoms with Gasteiger partial charge in [-0.3, -0.25) is 0 Å². The summed E-state index contributed by atoms with van der Waals surface area (Å²) in [5.74, 6) is 1.90. The molecule has 1 fully saturated rings. The number of hydrogen-bond donors (Lipinski definition) is 1. The van der Waals surface area contributed by atoms with Crippen molar-refractivity contribution in [1.29, 1.82) is 0 Å². The quantitative estimate of drug-likeness (QED) is 0.601. The average Bonchev–Trinajstić information content (AvgIpc) is 3.16. The Morgan fingerprint density at radius 1 is 1.30 bits per heavy atom. The van der Waals surface area contributed by atoms with Gasteiger partial charge < -0.3 is 19.5 Å². The minimum Gasteiger partial charge on any atom is -0.378 e. The van der Waals surface area contributed by atoms with Crippen LogP contribution < -0.4 is 5.32 Å². The van der Waals surface area contributed by atoms with Crippen molar-refractivity contribution in [1.82, 2.24) is 20.4 Å². The molecule has 1 aromatic heterocycles. The van der Waals surface area contributed by atoms with Crippen LogP contribution in [0, 0.1) is 0 Å². The number of hydrogen-bond acceptors (Lipinski definition) is 5. The van der Waals surface area contributed by atoms with Crippen LogP contribution in [0.1, 0.15) is 32.6 Å². The normalized spacial score (nSPS) is 16.0. The number of likely N-dealkylation sites (tertiary alicyclic amines) is 1. The van der Waals surface area contributed by atoms with Gasteiger partial charge in [-0.2, -0.15) is 4.98 Å². The van der Waals surface area contributed by atoms with E-state index in [1.807, 2.05) is 19.1 Å². The molecule has 1 aliphatic heterocycles. The van der Waals surface area contributed by atoms with E-state index < -0.39 is 0 Å². The summed E-state index contributed by atoms with van der Waals surface area (Å²) in [6.45, 7) is 7.88. The van der Waals surface area contributed by atoms with Crippen LogP contribution in [0.4, 0.5) is 0 Å². The van der Waals surface area contributed by atoms with Gasteiger partial charge in [-0.25, -0.2) is 4.99 Å². The first-order valence-corrected chi connectivity index (χ1v) is 9.80. The molecule has 7 nitrogen and oxygen atoms in total. The van der Waals surface area contributed by atoms with Crippen molar-refractivity contribution in [2.24, 2.45) is 4.99 Å². The fourth-order valence-corrected chi connectivity index (χ4v) is 3.20. The molecular weight excluding hydrogens is 366 g/mol. The third-order valence-electron chi connectivity index (χ3n) is 4.41. The fourth-order valence-electron chi connectivity index (χ4n) is 3.07. The Bertz CT molecular complexity index is 739. The highest BCUT2D eigenvalue weighted by Crippen LogP contribution is 2.19. The van der Waals surface area contributed by atoms with Gasteiger partial charge in [0.15, 0.2) is 5.96 Å². The zero-order valence-electron chi connectivity index (χ0n) is 15.8. The number of guanidine groups is 1. The summed E-state index contributed by atoms with van der Waals surface area (Å²) >= 11 is 5.92. The minimum absolute atomic E-state index is 0.342. The highest BCUT2D eigenvalue weighted by atomic mass is 35.5. The maximum Gasteiger partial charge on any atom is 0.248 e. The molecule has 2 aromatic rings. The number of halogens is 1. The van der Waals surface area contributed by atoms with E-state index in [1.165, 1.54) is 0 Å². The van der Waals surface area contributed by atoms with E-state index in [1.54, 1.807) is 12.1 Å². The maximum atomic E-state index is 5.92. The Balaban J connectivity index is 1.63. The van der Waals surface area contributed by atoms with Crippen LogP contribution in [0.2, 0.25) is 5.02 Å². The summed E-state index contributed by atoms with van der Waals surface area (Å²) in [6, 6.07) is 7.35. The Morgan fingerprint density at radius 3 is 2.70 bits per heavy atom. The van der Waals surface area contributed by atoms with Crippen LogP contribution >= 0.6 is 11.6 Å². The minimum atomic E-state index is 0.342. The molecule has 27 heavy (non-hydrogen) atoms. The lowest BCUT2D eigenvalue weighted by Gasteiger charge is -2.34. The Labute approximate surface area is 164 Å². The van der Waals surface area contributed by atoms with Crippen LogP contribution in [-0.4, -0.2) is 53.3 Å². The molecule has 0 radical (unpaired) electrons. The molecule has 0 aliphatic carbocycles. The average molecular weight is 392 g/mol. The van der Waals surface area contributed by atoms with Crippen LogP contribution in [-0.2, 0) is 11.3 Å². The summed E-state index contributed by atoms with van der Waals surface area (Å²) in [5, 5.41) is 8.06. The van der Waals surface area contributed by atoms with E-state index >= 15 is 0 Å². The van der Waals surface area contributed by atoms with Crippen molar-refractivity contribution in [2.75, 3.05) is 26.2 Å². The first kappa shape index (κ1) is 19.6. The Morgan fingerprint density at radius 2 is 2.04 bits per heavy atom. The second kappa shape index (κ2) is 9.71. The number of piperidine rings is 1. The van der Waals surface area contributed by atoms with Gasteiger partial charge in [0.05, 0.1) is 6.10 Å². The number of benzene rings is 1. The standard InChI is InChI=1S/C19H26ClN5O2/c1-3-21-19(25-11-9-16(10-12-25)26-4-2)22-13-17-23-18(24-27-17)14-5-7-15(20)8-6-14/h5-8,16H,3-4,9-13H2,1-2H3,(H,21,22). The first-order valence-electron chi connectivity index (χ1n) is 9.43. The summed E-state index contributed by atoms with van der Waals surface area (Å²) in [4.78, 5) is 11.4. The van der Waals surface area contributed by atoms with Gasteiger partial charge in [0.2, 0.25) is 11.7 Å². The molecule has 1 N–H and O–H groups in total. The number of nitrogens with zero attached hydrogens (tertiary/aromatic N) is 4. The predicted molar refractivity (Wildman–Crippen MR) is 106 cm³/mol. The number of ether oxygens (including phenoxy) is 1. The molecule has 0 saturated carbocycles. The smallest absolute Gasteiger partial charge is 0.248 e. The molecular formula is C19H26ClN5O2. The van der Waals surface area contributed by atoms with Crippen LogP contribution in [0.15, 0.2) is 33.8 Å². The molecule has 0 atom stereocenters. The first-order chi connectivity index (χ1) is 13.2. The SMILES string of the molecule is CCNC(=NCc1nc(-c2ccc(Cl)cc2)no1)N1CCC(OCC)CC1. The van der Waals surface area contributed by atoms with Crippen molar-refractivity contribution in [3.63, 3.8) is 0 Å². The lowest BCUT2D eigenvalue weighted by molar-refractivity contribution is 0.0263. The topological polar surface area (TPSA) is 75.8 Å². The largest absolute Gasteiger partial charge is 0.378 e. The Hall–Kier alpha value is -2.12. The molecule has 3 rings (SSSR count). The molecule has 2 heterocycles. The van der Waals surface area contributed by atoms with Crippen LogP contribution in [0.3, 0.4) is 0 Å². The molecule has 0 unspecified atom stereocenters. The van der Waals surface area contributed by atoms with Gasteiger partial charge in [-0.15, -0.1) is 0 Å². The number of aliphatic imine (C=N–C) groups is 1. The third kappa shape index (κ3) is 5.43. The van der Waals surface area contributed by atoms with Crippen molar-refractivity contribution in [3.05, 3.63) is 35.2 Å². The highest BCUT2D eigenvalue weighted by molar-refractivity contribution is 6.30. The van der Waals surface area contributed by atoms with Gasteiger partial charge in [0.25, 0.3) is 0 Å². The van der Waals surface area contributed by atoms with Crippen molar-refractivity contribution < 1.29 is 9.26 Å². The number of nitrogens with one attached hydrogen (secondary N) is 1. The molecule has 0 amide bonds. The number of rotatable bonds is 6. The molecule has 0 spiro atoms. The summed E-state index contributed by atoms with van der Waals surface area (Å²) in [7, 11) is 0. The molecule has 146 valence electrons. The van der Waals surface area contributed by atoms with E-state index in [9.17, 15) is 0 Å². The van der Waals surface area contributed by atoms with Gasteiger partial charge in [-0.05, 0) is 51.0 Å². The fraction of sp³-hybridized carbons (Fsp3) is 0.526. The van der Waals surface area contributed by atoms with Crippen LogP contribution in [0.25, 0.3) is 11.4 Å². The molecule has 8 heteroatoms. The lowest BCUT2D eigenvalue weighted by Crippen LogP contribution is -2.47. The van der Waals surface area contributed by atoms with Gasteiger partial charge in [0.1, 0.15) is 6.54 Å². The van der Waals surface area contributed by atoms with E-state index in [-0.39, 0.29) is 0 Å². The predicted octanol–water partition coefficient (Wildman–Crippen LogP) is 3.36. The molecule has 1 saturated heterocycles. The van der Waals surface area contributed by atoms with Crippen molar-refractivity contribution in [3.8, 4) is 11.4 Å². The Kier molecular flexibility index (Phi) is 7.06. The van der Waals surface area contributed by atoms with Gasteiger partial charge in [0, 0.05) is 36.8 Å². The molecule has 1 aromatic carbocycles. The highest BCUT2D eigenvalue weighted by Gasteiger charge is 2.21. The molecule has 1 aliphatic rings. The second-order valence-corrected chi connectivity index (χ2v) is 6.77. The van der Waals surface area contributed by atoms with Crippen molar-refractivity contribution in [2.45, 2.75) is 39.3 Å². The van der Waals surface area contributed by atoms with Gasteiger partial charge in [-0.1, -0.05) is 16.8 Å². The summed E-state index contributed by atoms with van der Waals surface area (Å²) in [5.41, 5.74) is 0.864. The number of aromatic nitrogens is 2. The van der Waals surface area contributed by atoms with Gasteiger partial charge >= 0.3 is 0 Å². The summed E-state index contributed by atoms with van der Waals surface area (Å²) < 4.78 is 11.1. The van der Waals surface area contributed by atoms with E-state index in [0.717, 1.165) is 50.6 Å². The van der Waals surface area contributed by atoms with E-state index in [4.69, 9.17) is 20.9 Å². The van der Waals surface area contributed by atoms with E-state index in [2.05, 4.69) is 32.3 Å². The zero-order valence-corrected chi connectivity index (χ0v) is 16.6. The van der Waals surface area contributed by atoms with E-state index in [0.29, 0.717) is 29.4 Å². The lowest BCUT2D eigenvalue weighted by atomic mass is 10.1. The monoisotopic (exact) mass is 391 g/mol. The maximum absolute atomic E-state index is 5.92. The van der Waals surface area contributed by atoms with Crippen molar-refractivity contribution >= 4 is 17.6 Å². The van der Waals surface area contributed by atoms with Crippen LogP contribution in [0.5, 0.6) is 0 Å². The molecule has 0 bridgehead atoms. The second-order valence-electron chi connectivity index (χ2n) is 6.33. The zero-order chi connectivity index (χ0) is 19.1. The third-order valence-corrected chi connectivity index (χ3v) is 4.67. The summed E-state index contributed by atoms with van der Waals surface area (Å²) in [6.07, 6.45) is 2.38.